The normalized spacial score (nSPS) is 13.6. The molecule has 0 saturated heterocycles. The number of hydrogen-bond acceptors (Lipinski definition) is 2. The molecule has 0 saturated carbocycles. The molecule has 0 aliphatic heterocycles. The van der Waals surface area contributed by atoms with E-state index >= 15 is 0 Å². The molecular formula is C5H10OS. The van der Waals surface area contributed by atoms with Gasteiger partial charge in [0.2, 0.25) is 0 Å². The number of hydrogen-bond donors (Lipinski definition) is 0. The summed E-state index contributed by atoms with van der Waals surface area (Å²) >= 11 is 1.58. The molecule has 0 aliphatic carbocycles. The van der Waals surface area contributed by atoms with E-state index in [9.17, 15) is 4.79 Å². The lowest BCUT2D eigenvalue weighted by molar-refractivity contribution is -0.116. The maximum atomic E-state index is 10.4. The van der Waals surface area contributed by atoms with E-state index in [2.05, 4.69) is 0 Å². The Kier molecular flexibility index (Phi) is 3.09. The monoisotopic (exact) mass is 118 g/mol. The summed E-state index contributed by atoms with van der Waals surface area (Å²) in [5, 5.41) is 0.181. The van der Waals surface area contributed by atoms with Crippen molar-refractivity contribution in [2.24, 2.45) is 0 Å². The van der Waals surface area contributed by atoms with E-state index in [1.807, 2.05) is 13.2 Å². The van der Waals surface area contributed by atoms with Crippen LogP contribution in [0.25, 0.3) is 0 Å². The summed E-state index contributed by atoms with van der Waals surface area (Å²) in [6.45, 7) is 3.52. The zero-order valence-electron chi connectivity index (χ0n) is 4.89. The number of carbonyl (C=O) groups is 1. The Morgan fingerprint density at radius 1 is 1.71 bits per heavy atom. The highest BCUT2D eigenvalue weighted by Crippen LogP contribution is 2.04. The van der Waals surface area contributed by atoms with Crippen LogP contribution in [0.15, 0.2) is 0 Å². The van der Waals surface area contributed by atoms with Gasteiger partial charge in [-0.05, 0) is 20.1 Å². The fourth-order valence-electron chi connectivity index (χ4n) is 0.166. The van der Waals surface area contributed by atoms with E-state index in [4.69, 9.17) is 0 Å². The molecule has 1 unspecified atom stereocenters. The first kappa shape index (κ1) is 7.02. The molecule has 0 bridgehead atoms. The van der Waals surface area contributed by atoms with Crippen LogP contribution in [0.1, 0.15) is 13.8 Å². The Balaban J connectivity index is 3.34. The van der Waals surface area contributed by atoms with Crippen molar-refractivity contribution < 1.29 is 4.79 Å². The van der Waals surface area contributed by atoms with E-state index < -0.39 is 0 Å². The first-order valence-corrected chi connectivity index (χ1v) is 3.50. The van der Waals surface area contributed by atoms with Crippen LogP contribution in [0.4, 0.5) is 0 Å². The van der Waals surface area contributed by atoms with Crippen LogP contribution in [0.2, 0.25) is 0 Å². The average molecular weight is 118 g/mol. The summed E-state index contributed by atoms with van der Waals surface area (Å²) in [4.78, 5) is 10.4. The molecule has 0 N–H and O–H groups in total. The van der Waals surface area contributed by atoms with Gasteiger partial charge in [0.05, 0.1) is 5.25 Å². The second-order valence-corrected chi connectivity index (χ2v) is 2.67. The molecule has 0 spiro atoms. The number of Topliss-reactive ketones (excluding diaryl/α,β-unsaturated/α-hetero) is 1. The number of thioether (sulfide) groups is 1. The van der Waals surface area contributed by atoms with Gasteiger partial charge in [0.25, 0.3) is 0 Å². The largest absolute Gasteiger partial charge is 0.299 e. The van der Waals surface area contributed by atoms with Crippen molar-refractivity contribution in [1.29, 1.82) is 0 Å². The zero-order valence-corrected chi connectivity index (χ0v) is 5.71. The first-order chi connectivity index (χ1) is 3.18. The van der Waals surface area contributed by atoms with E-state index in [1.54, 1.807) is 18.7 Å². The van der Waals surface area contributed by atoms with E-state index in [1.165, 1.54) is 0 Å². The van der Waals surface area contributed by atoms with Crippen LogP contribution in [0.5, 0.6) is 0 Å². The summed E-state index contributed by atoms with van der Waals surface area (Å²) in [6, 6.07) is 0. The fourth-order valence-corrected chi connectivity index (χ4v) is 0.498. The SMILES string of the molecule is CSC(C)C(C)=O. The quantitative estimate of drug-likeness (QED) is 0.544. The molecule has 2 heteroatoms. The van der Waals surface area contributed by atoms with Crippen LogP contribution in [-0.4, -0.2) is 17.3 Å². The minimum Gasteiger partial charge on any atom is -0.299 e. The number of rotatable bonds is 2. The van der Waals surface area contributed by atoms with Crippen LogP contribution in [0.3, 0.4) is 0 Å². The maximum absolute atomic E-state index is 10.4. The highest BCUT2D eigenvalue weighted by atomic mass is 32.2. The van der Waals surface area contributed by atoms with E-state index in [0.29, 0.717) is 0 Å². The van der Waals surface area contributed by atoms with Crippen molar-refractivity contribution in [2.75, 3.05) is 6.26 Å². The van der Waals surface area contributed by atoms with Gasteiger partial charge in [0.15, 0.2) is 0 Å². The lowest BCUT2D eigenvalue weighted by atomic mass is 10.3. The molecule has 42 valence electrons. The van der Waals surface area contributed by atoms with Gasteiger partial charge < -0.3 is 0 Å². The Hall–Kier alpha value is 0.0200. The number of ketones is 1. The zero-order chi connectivity index (χ0) is 5.86. The Morgan fingerprint density at radius 3 is 2.14 bits per heavy atom. The summed E-state index contributed by atoms with van der Waals surface area (Å²) in [5.74, 6) is 0.257. The highest BCUT2D eigenvalue weighted by Gasteiger charge is 2.01. The Morgan fingerprint density at radius 2 is 2.14 bits per heavy atom. The Labute approximate surface area is 48.5 Å². The van der Waals surface area contributed by atoms with Crippen molar-refractivity contribution in [3.05, 3.63) is 0 Å². The predicted octanol–water partition coefficient (Wildman–Crippen LogP) is 1.33. The predicted molar refractivity (Wildman–Crippen MR) is 33.7 cm³/mol. The van der Waals surface area contributed by atoms with Gasteiger partial charge in [0.1, 0.15) is 5.78 Å². The second-order valence-electron chi connectivity index (χ2n) is 1.49. The molecule has 0 aromatic carbocycles. The van der Waals surface area contributed by atoms with Crippen molar-refractivity contribution in [1.82, 2.24) is 0 Å². The van der Waals surface area contributed by atoms with Crippen LogP contribution in [-0.2, 0) is 4.79 Å². The smallest absolute Gasteiger partial charge is 0.142 e. The van der Waals surface area contributed by atoms with Gasteiger partial charge in [-0.15, -0.1) is 0 Å². The standard InChI is InChI=1S/C5H10OS/c1-4(6)5(2)7-3/h5H,1-3H3. The summed E-state index contributed by atoms with van der Waals surface area (Å²) in [7, 11) is 0. The third kappa shape index (κ3) is 2.68. The molecular weight excluding hydrogens is 108 g/mol. The molecule has 0 aromatic heterocycles. The van der Waals surface area contributed by atoms with E-state index in [-0.39, 0.29) is 11.0 Å². The fraction of sp³-hybridized carbons (Fsp3) is 0.800. The van der Waals surface area contributed by atoms with Crippen molar-refractivity contribution in [3.63, 3.8) is 0 Å². The van der Waals surface area contributed by atoms with Crippen LogP contribution < -0.4 is 0 Å². The third-order valence-electron chi connectivity index (χ3n) is 0.926. The molecule has 0 heterocycles. The van der Waals surface area contributed by atoms with Gasteiger partial charge in [0, 0.05) is 0 Å². The van der Waals surface area contributed by atoms with Crippen molar-refractivity contribution in [2.45, 2.75) is 19.1 Å². The lowest BCUT2D eigenvalue weighted by Gasteiger charge is -1.98. The Bertz CT molecular complexity index is 70.5. The first-order valence-electron chi connectivity index (χ1n) is 2.21. The van der Waals surface area contributed by atoms with Gasteiger partial charge in [-0.2, -0.15) is 11.8 Å². The number of carbonyl (C=O) groups excluding carboxylic acids is 1. The molecule has 0 aliphatic rings. The summed E-state index contributed by atoms with van der Waals surface area (Å²) < 4.78 is 0. The summed E-state index contributed by atoms with van der Waals surface area (Å²) in [5.41, 5.74) is 0. The van der Waals surface area contributed by atoms with Gasteiger partial charge in [-0.1, -0.05) is 0 Å². The van der Waals surface area contributed by atoms with Crippen LogP contribution in [0, 0.1) is 0 Å². The molecule has 0 fully saturated rings. The van der Waals surface area contributed by atoms with Crippen LogP contribution >= 0.6 is 11.8 Å². The van der Waals surface area contributed by atoms with Crippen molar-refractivity contribution in [3.8, 4) is 0 Å². The summed E-state index contributed by atoms with van der Waals surface area (Å²) in [6.07, 6.45) is 1.94. The third-order valence-corrected chi connectivity index (χ3v) is 1.97. The molecule has 0 radical (unpaired) electrons. The molecule has 1 nitrogen and oxygen atoms in total. The maximum Gasteiger partial charge on any atom is 0.142 e. The minimum atomic E-state index is 0.181. The highest BCUT2D eigenvalue weighted by molar-refractivity contribution is 7.99. The minimum absolute atomic E-state index is 0.181. The molecule has 0 rings (SSSR count). The molecule has 0 amide bonds. The molecule has 0 aromatic rings. The lowest BCUT2D eigenvalue weighted by Crippen LogP contribution is -2.06. The second kappa shape index (κ2) is 3.08. The van der Waals surface area contributed by atoms with E-state index in [0.717, 1.165) is 0 Å². The van der Waals surface area contributed by atoms with Crippen molar-refractivity contribution >= 4 is 17.5 Å². The average Bonchev–Trinajstić information content (AvgIpc) is 1.65. The topological polar surface area (TPSA) is 17.1 Å². The van der Waals surface area contributed by atoms with Gasteiger partial charge >= 0.3 is 0 Å². The molecule has 1 atom stereocenters. The van der Waals surface area contributed by atoms with Gasteiger partial charge in [-0.25, -0.2) is 0 Å². The van der Waals surface area contributed by atoms with Gasteiger partial charge in [-0.3, -0.25) is 4.79 Å². The molecule has 7 heavy (non-hydrogen) atoms.